The Morgan fingerprint density at radius 1 is 1.37 bits per heavy atom. The Hall–Kier alpha value is -1.35. The lowest BCUT2D eigenvalue weighted by Gasteiger charge is -2.18. The number of carbonyl (C=O) groups is 1. The molecule has 1 aromatic carbocycles. The first-order chi connectivity index (χ1) is 8.99. The Bertz CT molecular complexity index is 401. The van der Waals surface area contributed by atoms with Gasteiger partial charge in [0.05, 0.1) is 0 Å². The number of rotatable bonds is 7. The van der Waals surface area contributed by atoms with Gasteiger partial charge in [-0.3, -0.25) is 4.79 Å². The highest BCUT2D eigenvalue weighted by Crippen LogP contribution is 2.07. The zero-order chi connectivity index (χ0) is 14.3. The van der Waals surface area contributed by atoms with E-state index in [1.807, 2.05) is 18.0 Å². The summed E-state index contributed by atoms with van der Waals surface area (Å²) < 4.78 is 0. The van der Waals surface area contributed by atoms with Crippen LogP contribution in [-0.4, -0.2) is 30.4 Å². The second-order valence-corrected chi connectivity index (χ2v) is 5.45. The molecule has 0 radical (unpaired) electrons. The van der Waals surface area contributed by atoms with E-state index >= 15 is 0 Å². The maximum Gasteiger partial charge on any atom is 0.222 e. The Labute approximate surface area is 117 Å². The van der Waals surface area contributed by atoms with Crippen molar-refractivity contribution in [1.29, 1.82) is 0 Å². The standard InChI is InChI=1S/C16H26N2O/c1-13(2)17-10-6-9-16(19)18(4)12-15-8-5-7-14(3)11-15/h5,7-8,11,13,17H,6,9-10,12H2,1-4H3. The van der Waals surface area contributed by atoms with Gasteiger partial charge in [0.25, 0.3) is 0 Å². The molecule has 0 atom stereocenters. The van der Waals surface area contributed by atoms with Crippen LogP contribution in [0.15, 0.2) is 24.3 Å². The molecule has 0 bridgehead atoms. The molecule has 106 valence electrons. The molecule has 3 nitrogen and oxygen atoms in total. The van der Waals surface area contributed by atoms with Crippen molar-refractivity contribution in [3.05, 3.63) is 35.4 Å². The van der Waals surface area contributed by atoms with Gasteiger partial charge < -0.3 is 10.2 Å². The van der Waals surface area contributed by atoms with Crippen molar-refractivity contribution >= 4 is 5.91 Å². The predicted molar refractivity (Wildman–Crippen MR) is 80.0 cm³/mol. The van der Waals surface area contributed by atoms with E-state index in [1.165, 1.54) is 11.1 Å². The average molecular weight is 262 g/mol. The first-order valence-corrected chi connectivity index (χ1v) is 7.02. The number of aryl methyl sites for hydroxylation is 1. The third-order valence-electron chi connectivity index (χ3n) is 3.05. The highest BCUT2D eigenvalue weighted by molar-refractivity contribution is 5.75. The van der Waals surface area contributed by atoms with Crippen molar-refractivity contribution in [3.63, 3.8) is 0 Å². The van der Waals surface area contributed by atoms with Crippen molar-refractivity contribution in [1.82, 2.24) is 10.2 Å². The van der Waals surface area contributed by atoms with E-state index in [2.05, 4.69) is 44.3 Å². The van der Waals surface area contributed by atoms with Crippen LogP contribution < -0.4 is 5.32 Å². The van der Waals surface area contributed by atoms with Crippen molar-refractivity contribution in [2.75, 3.05) is 13.6 Å². The quantitative estimate of drug-likeness (QED) is 0.766. The highest BCUT2D eigenvalue weighted by Gasteiger charge is 2.08. The van der Waals surface area contributed by atoms with Gasteiger partial charge in [-0.25, -0.2) is 0 Å². The minimum atomic E-state index is 0.215. The van der Waals surface area contributed by atoms with Gasteiger partial charge in [-0.05, 0) is 25.5 Å². The maximum atomic E-state index is 12.0. The van der Waals surface area contributed by atoms with Crippen LogP contribution in [-0.2, 0) is 11.3 Å². The zero-order valence-corrected chi connectivity index (χ0v) is 12.6. The molecule has 1 rings (SSSR count). The first-order valence-electron chi connectivity index (χ1n) is 7.02. The average Bonchev–Trinajstić information content (AvgIpc) is 2.34. The van der Waals surface area contributed by atoms with E-state index in [0.29, 0.717) is 19.0 Å². The van der Waals surface area contributed by atoms with E-state index in [4.69, 9.17) is 0 Å². The molecule has 0 aliphatic heterocycles. The van der Waals surface area contributed by atoms with Crippen LogP contribution >= 0.6 is 0 Å². The fraction of sp³-hybridized carbons (Fsp3) is 0.562. The van der Waals surface area contributed by atoms with Crippen LogP contribution in [0.5, 0.6) is 0 Å². The molecular weight excluding hydrogens is 236 g/mol. The number of amides is 1. The van der Waals surface area contributed by atoms with Crippen LogP contribution in [0.1, 0.15) is 37.8 Å². The Morgan fingerprint density at radius 3 is 2.74 bits per heavy atom. The molecule has 1 N–H and O–H groups in total. The predicted octanol–water partition coefficient (Wildman–Crippen LogP) is 2.73. The summed E-state index contributed by atoms with van der Waals surface area (Å²) in [7, 11) is 1.88. The van der Waals surface area contributed by atoms with Gasteiger partial charge in [0.1, 0.15) is 0 Å². The SMILES string of the molecule is Cc1cccc(CN(C)C(=O)CCCNC(C)C)c1. The number of carbonyl (C=O) groups excluding carboxylic acids is 1. The van der Waals surface area contributed by atoms with Gasteiger partial charge in [-0.1, -0.05) is 43.7 Å². The summed E-state index contributed by atoms with van der Waals surface area (Å²) in [5.74, 6) is 0.215. The maximum absolute atomic E-state index is 12.0. The number of nitrogens with zero attached hydrogens (tertiary/aromatic N) is 1. The number of benzene rings is 1. The molecular formula is C16H26N2O. The Balaban J connectivity index is 2.32. The second kappa shape index (κ2) is 7.95. The summed E-state index contributed by atoms with van der Waals surface area (Å²) >= 11 is 0. The van der Waals surface area contributed by atoms with Crippen molar-refractivity contribution in [3.8, 4) is 0 Å². The monoisotopic (exact) mass is 262 g/mol. The van der Waals surface area contributed by atoms with Crippen molar-refractivity contribution < 1.29 is 4.79 Å². The van der Waals surface area contributed by atoms with E-state index in [1.54, 1.807) is 0 Å². The van der Waals surface area contributed by atoms with Gasteiger partial charge in [0, 0.05) is 26.1 Å². The van der Waals surface area contributed by atoms with Crippen LogP contribution in [0.2, 0.25) is 0 Å². The Morgan fingerprint density at radius 2 is 2.11 bits per heavy atom. The second-order valence-electron chi connectivity index (χ2n) is 5.45. The molecule has 3 heteroatoms. The largest absolute Gasteiger partial charge is 0.341 e. The van der Waals surface area contributed by atoms with Crippen LogP contribution in [0, 0.1) is 6.92 Å². The summed E-state index contributed by atoms with van der Waals surface area (Å²) in [6.45, 7) is 7.90. The topological polar surface area (TPSA) is 32.3 Å². The van der Waals surface area contributed by atoms with E-state index in [0.717, 1.165) is 13.0 Å². The molecule has 0 aliphatic rings. The van der Waals surface area contributed by atoms with E-state index < -0.39 is 0 Å². The highest BCUT2D eigenvalue weighted by atomic mass is 16.2. The lowest BCUT2D eigenvalue weighted by molar-refractivity contribution is -0.130. The van der Waals surface area contributed by atoms with Crippen molar-refractivity contribution in [2.24, 2.45) is 0 Å². The van der Waals surface area contributed by atoms with Gasteiger partial charge >= 0.3 is 0 Å². The fourth-order valence-corrected chi connectivity index (χ4v) is 1.99. The Kier molecular flexibility index (Phi) is 6.57. The molecule has 0 aromatic heterocycles. The zero-order valence-electron chi connectivity index (χ0n) is 12.6. The van der Waals surface area contributed by atoms with Gasteiger partial charge in [0.15, 0.2) is 0 Å². The summed E-state index contributed by atoms with van der Waals surface area (Å²) in [4.78, 5) is 13.8. The third kappa shape index (κ3) is 6.39. The van der Waals surface area contributed by atoms with Gasteiger partial charge in [-0.2, -0.15) is 0 Å². The molecule has 0 fully saturated rings. The molecule has 0 aliphatic carbocycles. The molecule has 0 saturated heterocycles. The molecule has 0 spiro atoms. The van der Waals surface area contributed by atoms with Crippen LogP contribution in [0.25, 0.3) is 0 Å². The summed E-state index contributed by atoms with van der Waals surface area (Å²) in [6, 6.07) is 8.79. The third-order valence-corrected chi connectivity index (χ3v) is 3.05. The fourth-order valence-electron chi connectivity index (χ4n) is 1.99. The smallest absolute Gasteiger partial charge is 0.222 e. The molecule has 1 aromatic rings. The summed E-state index contributed by atoms with van der Waals surface area (Å²) in [5, 5.41) is 3.33. The lowest BCUT2D eigenvalue weighted by Crippen LogP contribution is -2.28. The molecule has 0 unspecified atom stereocenters. The normalized spacial score (nSPS) is 10.8. The number of nitrogens with one attached hydrogen (secondary N) is 1. The van der Waals surface area contributed by atoms with Crippen LogP contribution in [0.3, 0.4) is 0 Å². The minimum absolute atomic E-state index is 0.215. The van der Waals surface area contributed by atoms with Crippen LogP contribution in [0.4, 0.5) is 0 Å². The van der Waals surface area contributed by atoms with Gasteiger partial charge in [0.2, 0.25) is 5.91 Å². The summed E-state index contributed by atoms with van der Waals surface area (Å²) in [5.41, 5.74) is 2.43. The number of hydrogen-bond acceptors (Lipinski definition) is 2. The van der Waals surface area contributed by atoms with Gasteiger partial charge in [-0.15, -0.1) is 0 Å². The molecule has 1 amide bonds. The first kappa shape index (κ1) is 15.7. The molecule has 0 heterocycles. The summed E-state index contributed by atoms with van der Waals surface area (Å²) in [6.07, 6.45) is 1.51. The van der Waals surface area contributed by atoms with E-state index in [-0.39, 0.29) is 5.91 Å². The van der Waals surface area contributed by atoms with E-state index in [9.17, 15) is 4.79 Å². The molecule has 19 heavy (non-hydrogen) atoms. The number of hydrogen-bond donors (Lipinski definition) is 1. The minimum Gasteiger partial charge on any atom is -0.341 e. The van der Waals surface area contributed by atoms with Crippen molar-refractivity contribution in [2.45, 2.75) is 46.2 Å². The lowest BCUT2D eigenvalue weighted by atomic mass is 10.1. The molecule has 0 saturated carbocycles.